The van der Waals surface area contributed by atoms with Gasteiger partial charge in [0.2, 0.25) is 0 Å². The van der Waals surface area contributed by atoms with E-state index in [1.54, 1.807) is 0 Å². The van der Waals surface area contributed by atoms with E-state index >= 15 is 0 Å². The molecule has 1 saturated heterocycles. The van der Waals surface area contributed by atoms with Crippen molar-refractivity contribution in [1.82, 2.24) is 4.90 Å². The molecular weight excluding hydrogens is 177 g/mol. The maximum atomic E-state index is 12.9. The number of piperidine rings is 1. The number of rotatable bonds is 2. The van der Waals surface area contributed by atoms with Gasteiger partial charge in [-0.05, 0) is 18.8 Å². The Bertz CT molecular complexity index is 180. The van der Waals surface area contributed by atoms with Gasteiger partial charge in [0, 0.05) is 13.1 Å². The minimum Gasteiger partial charge on any atom is -0.465 e. The van der Waals surface area contributed by atoms with Gasteiger partial charge in [-0.3, -0.25) is 0 Å². The van der Waals surface area contributed by atoms with Crippen molar-refractivity contribution >= 4 is 6.09 Å². The van der Waals surface area contributed by atoms with Crippen LogP contribution in [0.2, 0.25) is 0 Å². The van der Waals surface area contributed by atoms with Gasteiger partial charge >= 0.3 is 6.09 Å². The number of amides is 1. The summed E-state index contributed by atoms with van der Waals surface area (Å²) >= 11 is 0. The maximum Gasteiger partial charge on any atom is 0.407 e. The monoisotopic (exact) mass is 191 g/mol. The number of hydrogen-bond donors (Lipinski definition) is 2. The molecule has 13 heavy (non-hydrogen) atoms. The van der Waals surface area contributed by atoms with Gasteiger partial charge in [-0.1, -0.05) is 0 Å². The Morgan fingerprint density at radius 3 is 2.46 bits per heavy atom. The van der Waals surface area contributed by atoms with E-state index in [0.717, 1.165) is 0 Å². The number of hydrogen-bond acceptors (Lipinski definition) is 2. The lowest BCUT2D eigenvalue weighted by molar-refractivity contribution is 0.0737. The Balaban J connectivity index is 2.34. The Morgan fingerprint density at radius 2 is 2.08 bits per heavy atom. The van der Waals surface area contributed by atoms with Crippen molar-refractivity contribution in [2.24, 2.45) is 5.92 Å². The molecular formula is C8H14FNO3. The lowest BCUT2D eigenvalue weighted by Gasteiger charge is -2.31. The summed E-state index contributed by atoms with van der Waals surface area (Å²) < 4.78 is 12.9. The normalized spacial score (nSPS) is 21.5. The topological polar surface area (TPSA) is 60.8 Å². The second kappa shape index (κ2) is 4.41. The molecule has 1 aliphatic rings. The largest absolute Gasteiger partial charge is 0.465 e. The minimum absolute atomic E-state index is 0.180. The number of aliphatic hydroxyl groups is 1. The molecule has 1 aliphatic heterocycles. The van der Waals surface area contributed by atoms with Gasteiger partial charge in [0.15, 0.2) is 0 Å². The highest BCUT2D eigenvalue weighted by molar-refractivity contribution is 5.64. The molecule has 0 saturated carbocycles. The lowest BCUT2D eigenvalue weighted by Crippen LogP contribution is -2.40. The van der Waals surface area contributed by atoms with E-state index in [2.05, 4.69) is 0 Å². The van der Waals surface area contributed by atoms with Crippen LogP contribution in [0.5, 0.6) is 0 Å². The highest BCUT2D eigenvalue weighted by Crippen LogP contribution is 2.22. The first-order chi connectivity index (χ1) is 6.15. The first kappa shape index (κ1) is 10.2. The van der Waals surface area contributed by atoms with E-state index in [0.29, 0.717) is 25.9 Å². The number of carboxylic acid groups (broad SMARTS) is 1. The van der Waals surface area contributed by atoms with Gasteiger partial charge in [-0.25, -0.2) is 9.18 Å². The number of halogens is 1. The van der Waals surface area contributed by atoms with Crippen LogP contribution in [0.15, 0.2) is 0 Å². The summed E-state index contributed by atoms with van der Waals surface area (Å²) in [6.45, 7) is 0.290. The molecule has 5 heteroatoms. The fraction of sp³-hybridized carbons (Fsp3) is 0.875. The van der Waals surface area contributed by atoms with Crippen molar-refractivity contribution in [2.45, 2.75) is 19.0 Å². The molecule has 0 bridgehead atoms. The van der Waals surface area contributed by atoms with E-state index < -0.39 is 18.9 Å². The summed E-state index contributed by atoms with van der Waals surface area (Å²) in [7, 11) is 0. The molecule has 0 aromatic carbocycles. The van der Waals surface area contributed by atoms with Crippen LogP contribution in [-0.2, 0) is 0 Å². The Hall–Kier alpha value is -0.840. The second-order valence-corrected chi connectivity index (χ2v) is 3.31. The van der Waals surface area contributed by atoms with Crippen molar-refractivity contribution in [1.29, 1.82) is 0 Å². The number of aliphatic hydroxyl groups excluding tert-OH is 1. The van der Waals surface area contributed by atoms with Crippen LogP contribution in [-0.4, -0.2) is 47.1 Å². The Kier molecular flexibility index (Phi) is 3.48. The van der Waals surface area contributed by atoms with Crippen LogP contribution >= 0.6 is 0 Å². The Labute approximate surface area is 76.0 Å². The van der Waals surface area contributed by atoms with Crippen LogP contribution in [0.3, 0.4) is 0 Å². The maximum absolute atomic E-state index is 12.9. The van der Waals surface area contributed by atoms with Crippen molar-refractivity contribution in [3.63, 3.8) is 0 Å². The molecule has 0 radical (unpaired) electrons. The van der Waals surface area contributed by atoms with Crippen LogP contribution < -0.4 is 0 Å². The molecule has 1 fully saturated rings. The first-order valence-corrected chi connectivity index (χ1v) is 4.38. The number of alkyl halides is 1. The average molecular weight is 191 g/mol. The summed E-state index contributed by atoms with van der Waals surface area (Å²) in [5.41, 5.74) is 0. The SMILES string of the molecule is O=C(O)N1CCC(C(F)CO)CC1. The van der Waals surface area contributed by atoms with Crippen LogP contribution in [0.4, 0.5) is 9.18 Å². The predicted molar refractivity (Wildman–Crippen MR) is 44.3 cm³/mol. The first-order valence-electron chi connectivity index (χ1n) is 4.38. The number of nitrogens with zero attached hydrogens (tertiary/aromatic N) is 1. The zero-order valence-electron chi connectivity index (χ0n) is 7.32. The highest BCUT2D eigenvalue weighted by atomic mass is 19.1. The number of carbonyl (C=O) groups is 1. The van der Waals surface area contributed by atoms with Gasteiger partial charge in [0.05, 0.1) is 6.61 Å². The summed E-state index contributed by atoms with van der Waals surface area (Å²) in [5.74, 6) is -0.180. The van der Waals surface area contributed by atoms with Gasteiger partial charge in [0.25, 0.3) is 0 Å². The molecule has 0 aliphatic carbocycles. The quantitative estimate of drug-likeness (QED) is 0.675. The van der Waals surface area contributed by atoms with Crippen molar-refractivity contribution in [3.05, 3.63) is 0 Å². The fourth-order valence-corrected chi connectivity index (χ4v) is 1.60. The van der Waals surface area contributed by atoms with Crippen molar-refractivity contribution in [3.8, 4) is 0 Å². The standard InChI is InChI=1S/C8H14FNO3/c9-7(5-11)6-1-3-10(4-2-6)8(12)13/h6-7,11H,1-5H2,(H,12,13). The molecule has 1 atom stereocenters. The highest BCUT2D eigenvalue weighted by Gasteiger charge is 2.27. The Morgan fingerprint density at radius 1 is 1.54 bits per heavy atom. The molecule has 1 amide bonds. The minimum atomic E-state index is -1.20. The lowest BCUT2D eigenvalue weighted by atomic mass is 9.93. The predicted octanol–water partition coefficient (Wildman–Crippen LogP) is 0.707. The zero-order valence-corrected chi connectivity index (χ0v) is 7.32. The third-order valence-electron chi connectivity index (χ3n) is 2.50. The molecule has 1 heterocycles. The van der Waals surface area contributed by atoms with E-state index in [9.17, 15) is 9.18 Å². The van der Waals surface area contributed by atoms with E-state index in [4.69, 9.17) is 10.2 Å². The average Bonchev–Trinajstić information content (AvgIpc) is 2.17. The van der Waals surface area contributed by atoms with Gasteiger partial charge in [-0.15, -0.1) is 0 Å². The zero-order chi connectivity index (χ0) is 9.84. The molecule has 1 unspecified atom stereocenters. The summed E-state index contributed by atoms with van der Waals surface area (Å²) in [5, 5.41) is 17.2. The van der Waals surface area contributed by atoms with Gasteiger partial charge < -0.3 is 15.1 Å². The molecule has 4 nitrogen and oxygen atoms in total. The van der Waals surface area contributed by atoms with E-state index in [1.165, 1.54) is 4.90 Å². The van der Waals surface area contributed by atoms with Crippen molar-refractivity contribution < 1.29 is 19.4 Å². The van der Waals surface area contributed by atoms with E-state index in [-0.39, 0.29) is 5.92 Å². The van der Waals surface area contributed by atoms with E-state index in [1.807, 2.05) is 0 Å². The van der Waals surface area contributed by atoms with Crippen molar-refractivity contribution in [2.75, 3.05) is 19.7 Å². The molecule has 0 aromatic rings. The van der Waals surface area contributed by atoms with Gasteiger partial charge in [-0.2, -0.15) is 0 Å². The smallest absolute Gasteiger partial charge is 0.407 e. The molecule has 0 spiro atoms. The number of likely N-dealkylation sites (tertiary alicyclic amines) is 1. The molecule has 76 valence electrons. The fourth-order valence-electron chi connectivity index (χ4n) is 1.60. The second-order valence-electron chi connectivity index (χ2n) is 3.31. The summed E-state index contributed by atoms with van der Waals surface area (Å²) in [6.07, 6.45) is -1.13. The third kappa shape index (κ3) is 2.55. The third-order valence-corrected chi connectivity index (χ3v) is 2.50. The molecule has 1 rings (SSSR count). The van der Waals surface area contributed by atoms with Crippen LogP contribution in [0, 0.1) is 5.92 Å². The summed E-state index contributed by atoms with van der Waals surface area (Å²) in [4.78, 5) is 11.8. The molecule has 2 N–H and O–H groups in total. The summed E-state index contributed by atoms with van der Waals surface area (Å²) in [6, 6.07) is 0. The molecule has 0 aromatic heterocycles. The van der Waals surface area contributed by atoms with Crippen LogP contribution in [0.1, 0.15) is 12.8 Å². The van der Waals surface area contributed by atoms with Crippen LogP contribution in [0.25, 0.3) is 0 Å². The van der Waals surface area contributed by atoms with Gasteiger partial charge in [0.1, 0.15) is 6.17 Å².